The quantitative estimate of drug-likeness (QED) is 0.832. The fraction of sp³-hybridized carbons (Fsp3) is 0.462. The van der Waals surface area contributed by atoms with Crippen LogP contribution in [0.3, 0.4) is 0 Å². The van der Waals surface area contributed by atoms with Crippen molar-refractivity contribution in [3.05, 3.63) is 28.2 Å². The molecule has 1 unspecified atom stereocenters. The van der Waals surface area contributed by atoms with Crippen LogP contribution in [-0.2, 0) is 14.6 Å². The Balaban J connectivity index is 1.91. The fourth-order valence-corrected chi connectivity index (χ4v) is 4.16. The Morgan fingerprint density at radius 2 is 2.10 bits per heavy atom. The maximum Gasteiger partial charge on any atom is 0.260 e. The van der Waals surface area contributed by atoms with Gasteiger partial charge in [0.1, 0.15) is 5.75 Å². The monoisotopic (exact) mass is 351 g/mol. The van der Waals surface area contributed by atoms with Crippen molar-refractivity contribution in [3.8, 4) is 5.75 Å². The second kappa shape index (κ2) is 6.42. The van der Waals surface area contributed by atoms with Gasteiger partial charge in [-0.3, -0.25) is 4.79 Å². The van der Waals surface area contributed by atoms with Crippen molar-refractivity contribution in [2.24, 2.45) is 0 Å². The number of ether oxygens (including phenoxy) is 1. The Morgan fingerprint density at radius 1 is 1.38 bits per heavy atom. The number of carbonyl (C=O) groups excluding carboxylic acids is 1. The number of halogens is 2. The van der Waals surface area contributed by atoms with Gasteiger partial charge in [-0.15, -0.1) is 0 Å². The molecule has 1 atom stereocenters. The van der Waals surface area contributed by atoms with Gasteiger partial charge in [-0.05, 0) is 18.6 Å². The molecule has 1 aromatic carbocycles. The molecule has 0 aliphatic carbocycles. The van der Waals surface area contributed by atoms with Gasteiger partial charge in [0.2, 0.25) is 0 Å². The zero-order valence-electron chi connectivity index (χ0n) is 11.4. The molecule has 0 bridgehead atoms. The SMILES string of the molecule is CN(C(=O)COc1ccc(Cl)c(Cl)c1)C1CCS(=O)(=O)C1. The van der Waals surface area contributed by atoms with Crippen molar-refractivity contribution in [2.75, 3.05) is 25.2 Å². The number of sulfone groups is 1. The lowest BCUT2D eigenvalue weighted by molar-refractivity contribution is -0.133. The Bertz CT molecular complexity index is 648. The fourth-order valence-electron chi connectivity index (χ4n) is 2.10. The molecular formula is C13H15Cl2NO4S. The Labute approximate surface area is 133 Å². The summed E-state index contributed by atoms with van der Waals surface area (Å²) >= 11 is 11.6. The molecule has 0 saturated carbocycles. The molecule has 1 amide bonds. The number of rotatable bonds is 4. The van der Waals surface area contributed by atoms with Gasteiger partial charge in [-0.2, -0.15) is 0 Å². The molecule has 0 spiro atoms. The molecule has 5 nitrogen and oxygen atoms in total. The molecule has 1 heterocycles. The van der Waals surface area contributed by atoms with Gasteiger partial charge in [0.25, 0.3) is 5.91 Å². The summed E-state index contributed by atoms with van der Waals surface area (Å²) in [5.41, 5.74) is 0. The van der Waals surface area contributed by atoms with Crippen LogP contribution in [0.5, 0.6) is 5.75 Å². The van der Waals surface area contributed by atoms with Crippen LogP contribution < -0.4 is 4.74 Å². The second-order valence-corrected chi connectivity index (χ2v) is 7.97. The number of carbonyl (C=O) groups is 1. The largest absolute Gasteiger partial charge is 0.484 e. The Morgan fingerprint density at radius 3 is 2.67 bits per heavy atom. The zero-order chi connectivity index (χ0) is 15.6. The van der Waals surface area contributed by atoms with Gasteiger partial charge in [0, 0.05) is 19.2 Å². The summed E-state index contributed by atoms with van der Waals surface area (Å²) in [5, 5.41) is 0.750. The first-order chi connectivity index (χ1) is 9.78. The van der Waals surface area contributed by atoms with Gasteiger partial charge in [0.05, 0.1) is 21.6 Å². The number of likely N-dealkylation sites (N-methyl/N-ethyl adjacent to an activating group) is 1. The third kappa shape index (κ3) is 4.25. The van der Waals surface area contributed by atoms with Crippen molar-refractivity contribution in [3.63, 3.8) is 0 Å². The van der Waals surface area contributed by atoms with Crippen molar-refractivity contribution < 1.29 is 17.9 Å². The van der Waals surface area contributed by atoms with E-state index in [-0.39, 0.29) is 30.1 Å². The molecule has 0 radical (unpaired) electrons. The van der Waals surface area contributed by atoms with Crippen molar-refractivity contribution >= 4 is 38.9 Å². The highest BCUT2D eigenvalue weighted by atomic mass is 35.5. The van der Waals surface area contributed by atoms with E-state index in [2.05, 4.69) is 0 Å². The minimum Gasteiger partial charge on any atom is -0.484 e. The number of hydrogen-bond donors (Lipinski definition) is 0. The smallest absolute Gasteiger partial charge is 0.260 e. The highest BCUT2D eigenvalue weighted by Crippen LogP contribution is 2.26. The van der Waals surface area contributed by atoms with E-state index in [1.54, 1.807) is 19.2 Å². The topological polar surface area (TPSA) is 63.7 Å². The average molecular weight is 352 g/mol. The predicted octanol–water partition coefficient (Wildman–Crippen LogP) is 2.02. The Hall–Kier alpha value is -0.980. The molecule has 116 valence electrons. The van der Waals surface area contributed by atoms with Crippen molar-refractivity contribution in [1.29, 1.82) is 0 Å². The van der Waals surface area contributed by atoms with E-state index in [1.165, 1.54) is 11.0 Å². The summed E-state index contributed by atoms with van der Waals surface area (Å²) in [6.45, 7) is -0.176. The third-order valence-electron chi connectivity index (χ3n) is 3.40. The highest BCUT2D eigenvalue weighted by Gasteiger charge is 2.32. The predicted molar refractivity (Wildman–Crippen MR) is 81.8 cm³/mol. The summed E-state index contributed by atoms with van der Waals surface area (Å²) in [4.78, 5) is 13.4. The molecule has 1 aliphatic heterocycles. The normalized spacial score (nSPS) is 20.2. The van der Waals surface area contributed by atoms with Crippen LogP contribution in [0.4, 0.5) is 0 Å². The van der Waals surface area contributed by atoms with E-state index < -0.39 is 9.84 Å². The first kappa shape index (κ1) is 16.4. The summed E-state index contributed by atoms with van der Waals surface area (Å²) in [7, 11) is -1.43. The van der Waals surface area contributed by atoms with Crippen LogP contribution in [0.25, 0.3) is 0 Å². The third-order valence-corrected chi connectivity index (χ3v) is 5.89. The highest BCUT2D eigenvalue weighted by molar-refractivity contribution is 7.91. The summed E-state index contributed by atoms with van der Waals surface area (Å²) < 4.78 is 28.2. The van der Waals surface area contributed by atoms with E-state index >= 15 is 0 Å². The van der Waals surface area contributed by atoms with Crippen LogP contribution in [-0.4, -0.2) is 50.4 Å². The molecule has 1 aliphatic rings. The lowest BCUT2D eigenvalue weighted by Crippen LogP contribution is -2.40. The number of benzene rings is 1. The molecule has 1 fully saturated rings. The minimum absolute atomic E-state index is 0.0159. The first-order valence-corrected chi connectivity index (χ1v) is 8.90. The van der Waals surface area contributed by atoms with Crippen molar-refractivity contribution in [1.82, 2.24) is 4.90 Å². The molecule has 2 rings (SSSR count). The average Bonchev–Trinajstić information content (AvgIpc) is 2.79. The lowest BCUT2D eigenvalue weighted by Gasteiger charge is -2.23. The number of amides is 1. The van der Waals surface area contributed by atoms with E-state index in [4.69, 9.17) is 27.9 Å². The standard InChI is InChI=1S/C13H15Cl2NO4S/c1-16(9-4-5-21(18,19)8-9)13(17)7-20-10-2-3-11(14)12(15)6-10/h2-3,6,9H,4-5,7-8H2,1H3. The summed E-state index contributed by atoms with van der Waals surface area (Å²) in [6.07, 6.45) is 0.470. The maximum absolute atomic E-state index is 12.0. The van der Waals surface area contributed by atoms with Gasteiger partial charge in [0.15, 0.2) is 16.4 Å². The van der Waals surface area contributed by atoms with Gasteiger partial charge in [-0.1, -0.05) is 23.2 Å². The lowest BCUT2D eigenvalue weighted by atomic mass is 10.2. The molecule has 1 aromatic rings. The van der Waals surface area contributed by atoms with E-state index in [0.717, 1.165) is 0 Å². The molecule has 0 N–H and O–H groups in total. The molecular weight excluding hydrogens is 337 g/mol. The van der Waals surface area contributed by atoms with Crippen LogP contribution in [0.2, 0.25) is 10.0 Å². The molecule has 8 heteroatoms. The van der Waals surface area contributed by atoms with Gasteiger partial charge < -0.3 is 9.64 Å². The van der Waals surface area contributed by atoms with Crippen LogP contribution in [0.15, 0.2) is 18.2 Å². The van der Waals surface area contributed by atoms with E-state index in [1.807, 2.05) is 0 Å². The number of nitrogens with zero attached hydrogens (tertiary/aromatic N) is 1. The van der Waals surface area contributed by atoms with Gasteiger partial charge >= 0.3 is 0 Å². The van der Waals surface area contributed by atoms with Crippen LogP contribution in [0.1, 0.15) is 6.42 Å². The minimum atomic E-state index is -3.02. The first-order valence-electron chi connectivity index (χ1n) is 6.32. The van der Waals surface area contributed by atoms with Crippen molar-refractivity contribution in [2.45, 2.75) is 12.5 Å². The Kier molecular flexibility index (Phi) is 5.01. The summed E-state index contributed by atoms with van der Waals surface area (Å²) in [5.74, 6) is 0.304. The van der Waals surface area contributed by atoms with Crippen LogP contribution in [0, 0.1) is 0 Å². The van der Waals surface area contributed by atoms with E-state index in [0.29, 0.717) is 22.2 Å². The molecule has 1 saturated heterocycles. The maximum atomic E-state index is 12.0. The molecule has 21 heavy (non-hydrogen) atoms. The van der Waals surface area contributed by atoms with Crippen LogP contribution >= 0.6 is 23.2 Å². The van der Waals surface area contributed by atoms with Gasteiger partial charge in [-0.25, -0.2) is 8.42 Å². The number of hydrogen-bond acceptors (Lipinski definition) is 4. The van der Waals surface area contributed by atoms with E-state index in [9.17, 15) is 13.2 Å². The second-order valence-electron chi connectivity index (χ2n) is 4.93. The summed E-state index contributed by atoms with van der Waals surface area (Å²) in [6, 6.07) is 4.44. The molecule has 0 aromatic heterocycles. The zero-order valence-corrected chi connectivity index (χ0v) is 13.7.